The van der Waals surface area contributed by atoms with Gasteiger partial charge < -0.3 is 14.9 Å². The minimum atomic E-state index is -0.291. The summed E-state index contributed by atoms with van der Waals surface area (Å²) in [5.74, 6) is -0.524. The number of aromatic hydroxyl groups is 2. The Bertz CT molecular complexity index is 556. The van der Waals surface area contributed by atoms with Crippen LogP contribution in [0.1, 0.15) is 122 Å². The van der Waals surface area contributed by atoms with Gasteiger partial charge in [0.1, 0.15) is 5.75 Å². The van der Waals surface area contributed by atoms with Gasteiger partial charge in [0, 0.05) is 12.5 Å². The van der Waals surface area contributed by atoms with Gasteiger partial charge in [0.05, 0.1) is 0 Å². The second-order valence-electron chi connectivity index (χ2n) is 8.53. The van der Waals surface area contributed by atoms with Gasteiger partial charge in [-0.25, -0.2) is 0 Å². The number of unbranched alkanes of at least 4 members (excludes halogenated alkanes) is 16. The lowest BCUT2D eigenvalue weighted by atomic mass is 10.0. The molecule has 0 saturated heterocycles. The summed E-state index contributed by atoms with van der Waals surface area (Å²) in [6.07, 6.45) is 22.8. The summed E-state index contributed by atoms with van der Waals surface area (Å²) in [4.78, 5) is 11.8. The Morgan fingerprint density at radius 3 is 1.53 bits per heavy atom. The number of hydrogen-bond donors (Lipinski definition) is 2. The van der Waals surface area contributed by atoms with Crippen molar-refractivity contribution in [1.82, 2.24) is 0 Å². The lowest BCUT2D eigenvalue weighted by Crippen LogP contribution is -2.07. The zero-order valence-electron chi connectivity index (χ0n) is 19.2. The Balaban J connectivity index is 1.82. The fourth-order valence-corrected chi connectivity index (χ4v) is 3.74. The van der Waals surface area contributed by atoms with Crippen molar-refractivity contribution < 1.29 is 19.7 Å². The van der Waals surface area contributed by atoms with E-state index < -0.39 is 0 Å². The van der Waals surface area contributed by atoms with Gasteiger partial charge in [-0.3, -0.25) is 4.79 Å². The molecule has 0 fully saturated rings. The lowest BCUT2D eigenvalue weighted by Gasteiger charge is -2.06. The molecule has 1 aromatic rings. The van der Waals surface area contributed by atoms with Crippen LogP contribution in [0.5, 0.6) is 17.2 Å². The molecule has 0 aliphatic rings. The van der Waals surface area contributed by atoms with Gasteiger partial charge in [-0.1, -0.05) is 110 Å². The van der Waals surface area contributed by atoms with Crippen molar-refractivity contribution in [2.45, 2.75) is 122 Å². The molecule has 0 aliphatic heterocycles. The predicted octanol–water partition coefficient (Wildman–Crippen LogP) is 8.04. The molecule has 2 N–H and O–H groups in total. The Morgan fingerprint density at radius 1 is 0.667 bits per heavy atom. The zero-order chi connectivity index (χ0) is 21.9. The third kappa shape index (κ3) is 14.3. The van der Waals surface area contributed by atoms with Crippen LogP contribution < -0.4 is 4.74 Å². The van der Waals surface area contributed by atoms with Gasteiger partial charge in [-0.2, -0.15) is 0 Å². The van der Waals surface area contributed by atoms with Crippen molar-refractivity contribution >= 4 is 5.97 Å². The van der Waals surface area contributed by atoms with E-state index in [2.05, 4.69) is 6.92 Å². The summed E-state index contributed by atoms with van der Waals surface area (Å²) in [6.45, 7) is 2.27. The van der Waals surface area contributed by atoms with Crippen LogP contribution in [0, 0.1) is 0 Å². The number of phenolic OH excluding ortho intramolecular Hbond substituents is 2. The van der Waals surface area contributed by atoms with Gasteiger partial charge >= 0.3 is 5.97 Å². The summed E-state index contributed by atoms with van der Waals surface area (Å²) >= 11 is 0. The average Bonchev–Trinajstić information content (AvgIpc) is 2.73. The highest BCUT2D eigenvalue weighted by Crippen LogP contribution is 2.28. The maximum Gasteiger partial charge on any atom is 0.311 e. The number of rotatable bonds is 19. The lowest BCUT2D eigenvalue weighted by molar-refractivity contribution is -0.134. The monoisotopic (exact) mass is 420 g/mol. The van der Waals surface area contributed by atoms with Gasteiger partial charge in [-0.15, -0.1) is 0 Å². The molecular weight excluding hydrogens is 376 g/mol. The Kier molecular flexibility index (Phi) is 15.9. The van der Waals surface area contributed by atoms with Gasteiger partial charge in [0.15, 0.2) is 11.5 Å². The Labute approximate surface area is 184 Å². The molecule has 4 heteroatoms. The molecular formula is C26H44O4. The van der Waals surface area contributed by atoms with Crippen molar-refractivity contribution in [3.05, 3.63) is 18.2 Å². The van der Waals surface area contributed by atoms with Crippen molar-refractivity contribution in [3.8, 4) is 17.2 Å². The van der Waals surface area contributed by atoms with Crippen molar-refractivity contribution in [2.24, 2.45) is 0 Å². The molecule has 0 bridgehead atoms. The second-order valence-corrected chi connectivity index (χ2v) is 8.53. The first-order chi connectivity index (χ1) is 14.6. The van der Waals surface area contributed by atoms with E-state index in [1.165, 1.54) is 115 Å². The summed E-state index contributed by atoms with van der Waals surface area (Å²) in [7, 11) is 0. The summed E-state index contributed by atoms with van der Waals surface area (Å²) in [5, 5.41) is 18.7. The van der Waals surface area contributed by atoms with E-state index in [4.69, 9.17) is 4.74 Å². The molecule has 1 rings (SSSR count). The van der Waals surface area contributed by atoms with Crippen molar-refractivity contribution in [1.29, 1.82) is 0 Å². The molecule has 0 spiro atoms. The maximum atomic E-state index is 11.8. The number of benzene rings is 1. The first kappa shape index (κ1) is 26.3. The van der Waals surface area contributed by atoms with E-state index in [1.54, 1.807) is 0 Å². The standard InChI is InChI=1S/C26H44O4/c1-2-3-4-5-6-7-8-9-10-11-12-13-14-15-16-17-18-19-26(29)30-23-20-21-24(27)25(28)22-23/h20-22,27-28H,2-19H2,1H3. The molecule has 30 heavy (non-hydrogen) atoms. The quantitative estimate of drug-likeness (QED) is 0.103. The minimum Gasteiger partial charge on any atom is -0.504 e. The number of ether oxygens (including phenoxy) is 1. The number of phenols is 2. The minimum absolute atomic E-state index is 0.219. The molecule has 172 valence electrons. The third-order valence-corrected chi connectivity index (χ3v) is 5.66. The molecule has 0 unspecified atom stereocenters. The average molecular weight is 421 g/mol. The molecule has 0 atom stereocenters. The van der Waals surface area contributed by atoms with E-state index in [0.29, 0.717) is 6.42 Å². The topological polar surface area (TPSA) is 66.8 Å². The van der Waals surface area contributed by atoms with E-state index in [0.717, 1.165) is 12.8 Å². The highest BCUT2D eigenvalue weighted by Gasteiger charge is 2.07. The zero-order valence-corrected chi connectivity index (χ0v) is 19.2. The van der Waals surface area contributed by atoms with Crippen LogP contribution in [0.25, 0.3) is 0 Å². The van der Waals surface area contributed by atoms with Crippen LogP contribution >= 0.6 is 0 Å². The van der Waals surface area contributed by atoms with Crippen molar-refractivity contribution in [3.63, 3.8) is 0 Å². The SMILES string of the molecule is CCCCCCCCCCCCCCCCCCCC(=O)Oc1ccc(O)c(O)c1. The van der Waals surface area contributed by atoms with E-state index >= 15 is 0 Å². The third-order valence-electron chi connectivity index (χ3n) is 5.66. The summed E-state index contributed by atoms with van der Waals surface area (Å²) < 4.78 is 5.17. The fraction of sp³-hybridized carbons (Fsp3) is 0.731. The molecule has 0 aromatic heterocycles. The largest absolute Gasteiger partial charge is 0.504 e. The molecule has 0 radical (unpaired) electrons. The summed E-state index contributed by atoms with van der Waals surface area (Å²) in [6, 6.07) is 4.04. The maximum absolute atomic E-state index is 11.8. The number of carbonyl (C=O) groups excluding carboxylic acids is 1. The van der Waals surface area contributed by atoms with E-state index in [1.807, 2.05) is 0 Å². The highest BCUT2D eigenvalue weighted by molar-refractivity contribution is 5.72. The van der Waals surface area contributed by atoms with Crippen LogP contribution in [0.15, 0.2) is 18.2 Å². The van der Waals surface area contributed by atoms with E-state index in [9.17, 15) is 15.0 Å². The van der Waals surface area contributed by atoms with Crippen LogP contribution in [0.4, 0.5) is 0 Å². The first-order valence-electron chi connectivity index (χ1n) is 12.4. The normalized spacial score (nSPS) is 11.0. The molecule has 0 heterocycles. The Hall–Kier alpha value is -1.71. The number of carbonyl (C=O) groups is 1. The molecule has 0 aliphatic carbocycles. The van der Waals surface area contributed by atoms with Crippen LogP contribution in [0.2, 0.25) is 0 Å². The van der Waals surface area contributed by atoms with Crippen LogP contribution in [-0.4, -0.2) is 16.2 Å². The number of esters is 1. The van der Waals surface area contributed by atoms with Crippen LogP contribution in [0.3, 0.4) is 0 Å². The van der Waals surface area contributed by atoms with Crippen molar-refractivity contribution in [2.75, 3.05) is 0 Å². The van der Waals surface area contributed by atoms with Crippen LogP contribution in [-0.2, 0) is 4.79 Å². The molecule has 0 saturated carbocycles. The smallest absolute Gasteiger partial charge is 0.311 e. The van der Waals surface area contributed by atoms with Gasteiger partial charge in [0.25, 0.3) is 0 Å². The summed E-state index contributed by atoms with van der Waals surface area (Å²) in [5.41, 5.74) is 0. The van der Waals surface area contributed by atoms with Gasteiger partial charge in [0.2, 0.25) is 0 Å². The number of hydrogen-bond acceptors (Lipinski definition) is 4. The molecule has 4 nitrogen and oxygen atoms in total. The Morgan fingerprint density at radius 2 is 1.10 bits per heavy atom. The molecule has 1 aromatic carbocycles. The van der Waals surface area contributed by atoms with Gasteiger partial charge in [-0.05, 0) is 18.6 Å². The first-order valence-corrected chi connectivity index (χ1v) is 12.4. The van der Waals surface area contributed by atoms with E-state index in [-0.39, 0.29) is 23.2 Å². The predicted molar refractivity (Wildman–Crippen MR) is 124 cm³/mol. The molecule has 0 amide bonds. The fourth-order valence-electron chi connectivity index (χ4n) is 3.74. The highest BCUT2D eigenvalue weighted by atomic mass is 16.5. The second kappa shape index (κ2) is 18.1.